The van der Waals surface area contributed by atoms with Gasteiger partial charge in [-0.15, -0.1) is 0 Å². The number of hydrogen-bond acceptors (Lipinski definition) is 4. The molecule has 0 aromatic heterocycles. The fraction of sp³-hybridized carbons (Fsp3) is 0.464. The number of nitrogens with zero attached hydrogens (tertiary/aromatic N) is 2. The molecule has 1 fully saturated rings. The quantitative estimate of drug-likeness (QED) is 0.478. The molecule has 0 spiro atoms. The highest BCUT2D eigenvalue weighted by Crippen LogP contribution is 2.37. The molecular weight excluding hydrogens is 410 g/mol. The van der Waals surface area contributed by atoms with E-state index in [0.29, 0.717) is 17.0 Å². The number of carbonyl (C=O) groups is 1. The molecule has 5 heteroatoms. The Morgan fingerprint density at radius 1 is 1.03 bits per heavy atom. The zero-order valence-corrected chi connectivity index (χ0v) is 20.2. The number of nitrogens with one attached hydrogen (secondary N) is 1. The smallest absolute Gasteiger partial charge is 0.274 e. The molecule has 33 heavy (non-hydrogen) atoms. The van der Waals surface area contributed by atoms with E-state index >= 15 is 0 Å². The predicted molar refractivity (Wildman–Crippen MR) is 133 cm³/mol. The standard InChI is InChI=1S/C28H37N3O2/c1-21-18-30(16-17-31(21)20-23-6-10-26(11-7-23)27(32)29-33)19-22-4-8-24(9-5-22)25-12-14-28(2,3)15-13-25/h4-12,21,33H,13-20H2,1-3H3,(H,29,32)/t21-/m0/s1. The fourth-order valence-corrected chi connectivity index (χ4v) is 4.93. The summed E-state index contributed by atoms with van der Waals surface area (Å²) in [6.07, 6.45) is 6.07. The Labute approximate surface area is 198 Å². The molecule has 1 atom stereocenters. The summed E-state index contributed by atoms with van der Waals surface area (Å²) in [5.74, 6) is -0.476. The van der Waals surface area contributed by atoms with Crippen molar-refractivity contribution in [3.63, 3.8) is 0 Å². The lowest BCUT2D eigenvalue weighted by Gasteiger charge is -2.40. The van der Waals surface area contributed by atoms with Gasteiger partial charge in [0.2, 0.25) is 0 Å². The summed E-state index contributed by atoms with van der Waals surface area (Å²) < 4.78 is 0. The van der Waals surface area contributed by atoms with Crippen LogP contribution in [0.3, 0.4) is 0 Å². The van der Waals surface area contributed by atoms with Gasteiger partial charge >= 0.3 is 0 Å². The van der Waals surface area contributed by atoms with Gasteiger partial charge in [-0.2, -0.15) is 0 Å². The van der Waals surface area contributed by atoms with E-state index < -0.39 is 5.91 Å². The minimum atomic E-state index is -0.476. The lowest BCUT2D eigenvalue weighted by Crippen LogP contribution is -2.50. The van der Waals surface area contributed by atoms with Crippen LogP contribution in [-0.4, -0.2) is 46.6 Å². The van der Waals surface area contributed by atoms with Gasteiger partial charge in [-0.1, -0.05) is 56.3 Å². The first-order valence-corrected chi connectivity index (χ1v) is 12.1. The fourth-order valence-electron chi connectivity index (χ4n) is 4.93. The van der Waals surface area contributed by atoms with Crippen molar-refractivity contribution in [2.45, 2.75) is 59.2 Å². The van der Waals surface area contributed by atoms with E-state index in [1.165, 1.54) is 41.5 Å². The molecular formula is C28H37N3O2. The molecule has 1 amide bonds. The predicted octanol–water partition coefficient (Wildman–Crippen LogP) is 5.11. The second-order valence-electron chi connectivity index (χ2n) is 10.5. The van der Waals surface area contributed by atoms with Gasteiger partial charge < -0.3 is 0 Å². The van der Waals surface area contributed by atoms with E-state index in [0.717, 1.165) is 32.7 Å². The monoisotopic (exact) mass is 447 g/mol. The van der Waals surface area contributed by atoms with E-state index in [1.807, 2.05) is 12.1 Å². The number of hydrogen-bond donors (Lipinski definition) is 2. The third-order valence-corrected chi connectivity index (χ3v) is 7.26. The maximum atomic E-state index is 11.5. The van der Waals surface area contributed by atoms with Crippen molar-refractivity contribution in [1.29, 1.82) is 0 Å². The summed E-state index contributed by atoms with van der Waals surface area (Å²) >= 11 is 0. The summed E-state index contributed by atoms with van der Waals surface area (Å²) in [6, 6.07) is 17.1. The molecule has 2 N–H and O–H groups in total. The number of piperazine rings is 1. The van der Waals surface area contributed by atoms with Crippen LogP contribution in [0.4, 0.5) is 0 Å². The Morgan fingerprint density at radius 2 is 1.70 bits per heavy atom. The zero-order chi connectivity index (χ0) is 23.4. The summed E-state index contributed by atoms with van der Waals surface area (Å²) in [5.41, 5.74) is 8.05. The third-order valence-electron chi connectivity index (χ3n) is 7.26. The highest BCUT2D eigenvalue weighted by Gasteiger charge is 2.24. The van der Waals surface area contributed by atoms with E-state index in [9.17, 15) is 4.79 Å². The highest BCUT2D eigenvalue weighted by atomic mass is 16.5. The van der Waals surface area contributed by atoms with Crippen LogP contribution in [-0.2, 0) is 13.1 Å². The van der Waals surface area contributed by atoms with Crippen LogP contribution in [0, 0.1) is 5.41 Å². The van der Waals surface area contributed by atoms with Crippen LogP contribution in [0.2, 0.25) is 0 Å². The Hall–Kier alpha value is -2.47. The van der Waals surface area contributed by atoms with Crippen LogP contribution in [0.25, 0.3) is 5.57 Å². The van der Waals surface area contributed by atoms with Crippen LogP contribution in [0.1, 0.15) is 67.1 Å². The number of rotatable bonds is 6. The van der Waals surface area contributed by atoms with Gasteiger partial charge in [-0.05, 0) is 66.0 Å². The molecule has 2 aromatic carbocycles. The summed E-state index contributed by atoms with van der Waals surface area (Å²) in [5, 5.41) is 8.76. The Morgan fingerprint density at radius 3 is 2.30 bits per heavy atom. The lowest BCUT2D eigenvalue weighted by atomic mass is 9.77. The maximum absolute atomic E-state index is 11.5. The van der Waals surface area contributed by atoms with Crippen LogP contribution in [0.15, 0.2) is 54.6 Å². The van der Waals surface area contributed by atoms with E-state index in [4.69, 9.17) is 5.21 Å². The maximum Gasteiger partial charge on any atom is 0.274 e. The summed E-state index contributed by atoms with van der Waals surface area (Å²) in [6.45, 7) is 12.0. The molecule has 2 aromatic rings. The van der Waals surface area contributed by atoms with Gasteiger partial charge in [-0.3, -0.25) is 19.8 Å². The van der Waals surface area contributed by atoms with Gasteiger partial charge in [-0.25, -0.2) is 5.48 Å². The number of amides is 1. The molecule has 0 unspecified atom stereocenters. The summed E-state index contributed by atoms with van der Waals surface area (Å²) in [4.78, 5) is 16.5. The van der Waals surface area contributed by atoms with Crippen LogP contribution in [0.5, 0.6) is 0 Å². The SMILES string of the molecule is C[C@H]1CN(Cc2ccc(C3=CCC(C)(C)CC3)cc2)CCN1Cc1ccc(C(=O)NO)cc1. The van der Waals surface area contributed by atoms with Gasteiger partial charge in [0.15, 0.2) is 0 Å². The molecule has 0 bridgehead atoms. The molecule has 1 aliphatic heterocycles. The Kier molecular flexibility index (Phi) is 7.32. The van der Waals surface area contributed by atoms with Crippen LogP contribution < -0.4 is 5.48 Å². The van der Waals surface area contributed by atoms with Crippen molar-refractivity contribution in [3.05, 3.63) is 76.9 Å². The van der Waals surface area contributed by atoms with Gasteiger partial charge in [0.25, 0.3) is 5.91 Å². The lowest BCUT2D eigenvalue weighted by molar-refractivity contribution is 0.0705. The first-order valence-electron chi connectivity index (χ1n) is 12.1. The minimum Gasteiger partial charge on any atom is -0.296 e. The molecule has 1 heterocycles. The molecule has 1 saturated heterocycles. The molecule has 176 valence electrons. The second kappa shape index (κ2) is 10.2. The van der Waals surface area contributed by atoms with Gasteiger partial charge in [0, 0.05) is 44.3 Å². The summed E-state index contributed by atoms with van der Waals surface area (Å²) in [7, 11) is 0. The largest absolute Gasteiger partial charge is 0.296 e. The average Bonchev–Trinajstić information content (AvgIpc) is 2.81. The van der Waals surface area contributed by atoms with Crippen molar-refractivity contribution in [1.82, 2.24) is 15.3 Å². The van der Waals surface area contributed by atoms with Crippen molar-refractivity contribution in [3.8, 4) is 0 Å². The normalized spacial score (nSPS) is 21.5. The number of allylic oxidation sites excluding steroid dienone is 2. The van der Waals surface area contributed by atoms with Gasteiger partial charge in [0.1, 0.15) is 0 Å². The minimum absolute atomic E-state index is 0.447. The number of carbonyl (C=O) groups excluding carboxylic acids is 1. The van der Waals surface area contributed by atoms with Crippen molar-refractivity contribution >= 4 is 11.5 Å². The molecule has 5 nitrogen and oxygen atoms in total. The Bertz CT molecular complexity index is 979. The molecule has 4 rings (SSSR count). The first kappa shape index (κ1) is 23.7. The first-order chi connectivity index (χ1) is 15.8. The van der Waals surface area contributed by atoms with E-state index in [1.54, 1.807) is 17.6 Å². The number of benzene rings is 2. The third kappa shape index (κ3) is 6.11. The Balaban J connectivity index is 1.28. The highest BCUT2D eigenvalue weighted by molar-refractivity contribution is 5.93. The number of hydroxylamine groups is 1. The van der Waals surface area contributed by atoms with Crippen LogP contribution >= 0.6 is 0 Å². The van der Waals surface area contributed by atoms with E-state index in [-0.39, 0.29) is 0 Å². The molecule has 2 aliphatic rings. The molecule has 1 aliphatic carbocycles. The van der Waals surface area contributed by atoms with Gasteiger partial charge in [0.05, 0.1) is 0 Å². The topological polar surface area (TPSA) is 55.8 Å². The molecule has 0 radical (unpaired) electrons. The van der Waals surface area contributed by atoms with Crippen molar-refractivity contribution < 1.29 is 10.0 Å². The van der Waals surface area contributed by atoms with E-state index in [2.05, 4.69) is 60.9 Å². The second-order valence-corrected chi connectivity index (χ2v) is 10.5. The van der Waals surface area contributed by atoms with Crippen molar-refractivity contribution in [2.75, 3.05) is 19.6 Å². The zero-order valence-electron chi connectivity index (χ0n) is 20.2. The van der Waals surface area contributed by atoms with Crippen molar-refractivity contribution in [2.24, 2.45) is 5.41 Å². The molecule has 0 saturated carbocycles. The average molecular weight is 448 g/mol.